The zero-order valence-corrected chi connectivity index (χ0v) is 28.7. The van der Waals surface area contributed by atoms with Crippen LogP contribution in [-0.2, 0) is 9.59 Å². The quantitative estimate of drug-likeness (QED) is 0.0566. The van der Waals surface area contributed by atoms with Gasteiger partial charge in [-0.1, -0.05) is 141 Å². The van der Waals surface area contributed by atoms with E-state index in [-0.39, 0.29) is 24.4 Å². The molecule has 252 valence electrons. The van der Waals surface area contributed by atoms with Gasteiger partial charge in [0.25, 0.3) is 0 Å². The van der Waals surface area contributed by atoms with Gasteiger partial charge < -0.3 is 10.2 Å². The molecule has 0 radical (unpaired) electrons. The van der Waals surface area contributed by atoms with Crippen LogP contribution in [0.3, 0.4) is 0 Å². The Morgan fingerprint density at radius 2 is 0.814 bits per heavy atom. The molecule has 1 unspecified atom stereocenters. The highest BCUT2D eigenvalue weighted by Crippen LogP contribution is 2.19. The van der Waals surface area contributed by atoms with Crippen LogP contribution in [0.1, 0.15) is 200 Å². The van der Waals surface area contributed by atoms with Gasteiger partial charge >= 0.3 is 0 Å². The van der Waals surface area contributed by atoms with E-state index in [1.807, 2.05) is 0 Å². The van der Waals surface area contributed by atoms with Gasteiger partial charge in [-0.2, -0.15) is 0 Å². The van der Waals surface area contributed by atoms with Gasteiger partial charge in [0.15, 0.2) is 11.4 Å². The normalized spacial score (nSPS) is 13.3. The van der Waals surface area contributed by atoms with E-state index >= 15 is 0 Å². The van der Waals surface area contributed by atoms with Crippen molar-refractivity contribution in [3.05, 3.63) is 24.3 Å². The number of unbranched alkanes of at least 4 members (excludes halogenated alkanes) is 22. The van der Waals surface area contributed by atoms with Gasteiger partial charge in [-0.15, -0.1) is 0 Å². The molecule has 0 aromatic rings. The molecular weight excluding hydrogens is 532 g/mol. The highest BCUT2D eigenvalue weighted by molar-refractivity contribution is 5.93. The third-order valence-electron chi connectivity index (χ3n) is 8.65. The van der Waals surface area contributed by atoms with Crippen LogP contribution in [-0.4, -0.2) is 34.0 Å². The van der Waals surface area contributed by atoms with Gasteiger partial charge in [-0.25, -0.2) is 0 Å². The minimum atomic E-state index is -1.90. The second-order valence-electron chi connectivity index (χ2n) is 13.0. The Balaban J connectivity index is 3.75. The topological polar surface area (TPSA) is 74.6 Å². The smallest absolute Gasteiger partial charge is 0.167 e. The summed E-state index contributed by atoms with van der Waals surface area (Å²) in [6.45, 7) is 3.84. The van der Waals surface area contributed by atoms with E-state index in [2.05, 4.69) is 38.2 Å². The maximum atomic E-state index is 12.6. The van der Waals surface area contributed by atoms with E-state index in [9.17, 15) is 19.8 Å². The third-order valence-corrected chi connectivity index (χ3v) is 8.65. The van der Waals surface area contributed by atoms with Gasteiger partial charge in [0.2, 0.25) is 0 Å². The maximum Gasteiger partial charge on any atom is 0.167 e. The number of hydrogen-bond acceptors (Lipinski definition) is 4. The van der Waals surface area contributed by atoms with Crippen LogP contribution in [0.4, 0.5) is 0 Å². The lowest BCUT2D eigenvalue weighted by atomic mass is 9.88. The van der Waals surface area contributed by atoms with Crippen LogP contribution in [0.2, 0.25) is 0 Å². The first-order valence-electron chi connectivity index (χ1n) is 18.7. The largest absolute Gasteiger partial charge is 0.393 e. The molecule has 0 saturated carbocycles. The molecule has 0 aliphatic heterocycles. The number of hydrogen-bond donors (Lipinski definition) is 2. The van der Waals surface area contributed by atoms with E-state index in [4.69, 9.17) is 0 Å². The van der Waals surface area contributed by atoms with Crippen LogP contribution in [0.15, 0.2) is 24.3 Å². The van der Waals surface area contributed by atoms with Crippen molar-refractivity contribution in [3.63, 3.8) is 0 Å². The zero-order valence-electron chi connectivity index (χ0n) is 28.7. The number of aliphatic hydroxyl groups excluding tert-OH is 1. The molecule has 4 heteroatoms. The molecular formula is C39H72O4. The van der Waals surface area contributed by atoms with Crippen molar-refractivity contribution in [3.8, 4) is 0 Å². The SMILES string of the molecule is CCCCCCCCC=CCCCCCCCC(=O)CC(O)(CO)C(=O)CCCCCCCC=CCCCCCCCC. The Kier molecular flexibility index (Phi) is 31.2. The fourth-order valence-corrected chi connectivity index (χ4v) is 5.64. The summed E-state index contributed by atoms with van der Waals surface area (Å²) in [5, 5.41) is 20.4. The molecule has 1 atom stereocenters. The van der Waals surface area contributed by atoms with Crippen molar-refractivity contribution in [2.75, 3.05) is 6.61 Å². The number of ketones is 2. The highest BCUT2D eigenvalue weighted by atomic mass is 16.3. The predicted molar refractivity (Wildman–Crippen MR) is 186 cm³/mol. The molecule has 0 aromatic heterocycles. The average Bonchev–Trinajstić information content (AvgIpc) is 3.00. The number of rotatable bonds is 34. The van der Waals surface area contributed by atoms with Crippen LogP contribution < -0.4 is 0 Å². The Bertz CT molecular complexity index is 683. The number of Topliss-reactive ketones (excluding diaryl/α,β-unsaturated/α-hetero) is 2. The second-order valence-corrected chi connectivity index (χ2v) is 13.0. The monoisotopic (exact) mass is 605 g/mol. The molecule has 0 rings (SSSR count). The van der Waals surface area contributed by atoms with Crippen molar-refractivity contribution >= 4 is 11.6 Å². The molecule has 0 saturated heterocycles. The summed E-state index contributed by atoms with van der Waals surface area (Å²) < 4.78 is 0. The maximum absolute atomic E-state index is 12.6. The van der Waals surface area contributed by atoms with Crippen molar-refractivity contribution in [1.82, 2.24) is 0 Å². The highest BCUT2D eigenvalue weighted by Gasteiger charge is 2.36. The number of carbonyl (C=O) groups excluding carboxylic acids is 2. The summed E-state index contributed by atoms with van der Waals surface area (Å²) in [6, 6.07) is 0. The first-order valence-corrected chi connectivity index (χ1v) is 18.7. The number of aliphatic hydroxyl groups is 2. The lowest BCUT2D eigenvalue weighted by molar-refractivity contribution is -0.147. The van der Waals surface area contributed by atoms with Crippen molar-refractivity contribution in [2.24, 2.45) is 0 Å². The standard InChI is InChI=1S/C39H72O4/c1-3-5-7-9-11-13-15-17-19-21-23-25-27-29-31-33-37(41)35-39(43,36-40)38(42)34-32-30-28-26-24-22-20-18-16-14-12-10-8-6-4-2/h17-20,40,43H,3-16,21-36H2,1-2H3. The van der Waals surface area contributed by atoms with E-state index in [1.54, 1.807) is 0 Å². The van der Waals surface area contributed by atoms with E-state index in [0.29, 0.717) is 12.8 Å². The first-order chi connectivity index (χ1) is 21.0. The van der Waals surface area contributed by atoms with Crippen molar-refractivity contribution < 1.29 is 19.8 Å². The molecule has 0 aliphatic carbocycles. The molecule has 2 N–H and O–H groups in total. The zero-order chi connectivity index (χ0) is 31.7. The Morgan fingerprint density at radius 3 is 1.19 bits per heavy atom. The number of carbonyl (C=O) groups is 2. The molecule has 4 nitrogen and oxygen atoms in total. The van der Waals surface area contributed by atoms with Crippen LogP contribution >= 0.6 is 0 Å². The van der Waals surface area contributed by atoms with Gasteiger partial charge in [-0.3, -0.25) is 9.59 Å². The molecule has 0 bridgehead atoms. The minimum Gasteiger partial charge on any atom is -0.393 e. The van der Waals surface area contributed by atoms with Crippen LogP contribution in [0.5, 0.6) is 0 Å². The molecule has 0 aromatic carbocycles. The second kappa shape index (κ2) is 32.1. The van der Waals surface area contributed by atoms with E-state index in [0.717, 1.165) is 51.4 Å². The summed E-state index contributed by atoms with van der Waals surface area (Å²) in [5.74, 6) is -0.502. The number of allylic oxidation sites excluding steroid dienone is 4. The molecule has 0 spiro atoms. The van der Waals surface area contributed by atoms with Crippen LogP contribution in [0.25, 0.3) is 0 Å². The predicted octanol–water partition coefficient (Wildman–Crippen LogP) is 11.3. The molecule has 0 heterocycles. The molecule has 0 fully saturated rings. The first kappa shape index (κ1) is 41.7. The van der Waals surface area contributed by atoms with Crippen molar-refractivity contribution in [1.29, 1.82) is 0 Å². The Labute approximate surface area is 267 Å². The summed E-state index contributed by atoms with van der Waals surface area (Å²) in [4.78, 5) is 25.0. The average molecular weight is 605 g/mol. The third kappa shape index (κ3) is 28.0. The van der Waals surface area contributed by atoms with Crippen LogP contribution in [0, 0.1) is 0 Å². The lowest BCUT2D eigenvalue weighted by Crippen LogP contribution is -2.44. The van der Waals surface area contributed by atoms with E-state index < -0.39 is 12.2 Å². The van der Waals surface area contributed by atoms with Gasteiger partial charge in [0, 0.05) is 19.3 Å². The minimum absolute atomic E-state index is 0.118. The summed E-state index contributed by atoms with van der Waals surface area (Å²) >= 11 is 0. The summed E-state index contributed by atoms with van der Waals surface area (Å²) in [7, 11) is 0. The fraction of sp³-hybridized carbons (Fsp3) is 0.846. The van der Waals surface area contributed by atoms with Gasteiger partial charge in [-0.05, 0) is 64.2 Å². The van der Waals surface area contributed by atoms with Gasteiger partial charge in [0.1, 0.15) is 5.78 Å². The molecule has 0 aliphatic rings. The Hall–Kier alpha value is -1.26. The molecule has 43 heavy (non-hydrogen) atoms. The summed E-state index contributed by atoms with van der Waals surface area (Å²) in [6.07, 6.45) is 40.8. The Morgan fingerprint density at radius 1 is 0.488 bits per heavy atom. The van der Waals surface area contributed by atoms with Crippen molar-refractivity contribution in [2.45, 2.75) is 206 Å². The summed E-state index contributed by atoms with van der Waals surface area (Å²) in [5.41, 5.74) is -1.90. The van der Waals surface area contributed by atoms with E-state index in [1.165, 1.54) is 109 Å². The fourth-order valence-electron chi connectivity index (χ4n) is 5.64. The lowest BCUT2D eigenvalue weighted by Gasteiger charge is -2.23. The molecule has 0 amide bonds. The van der Waals surface area contributed by atoms with Gasteiger partial charge in [0.05, 0.1) is 6.61 Å².